The molecule has 0 aliphatic carbocycles. The molecule has 0 fully saturated rings. The van der Waals surface area contributed by atoms with E-state index in [1.807, 2.05) is 34.9 Å². The third-order valence-electron chi connectivity index (χ3n) is 5.50. The van der Waals surface area contributed by atoms with Gasteiger partial charge in [-0.3, -0.25) is 4.57 Å². The number of hydrogen-bond acceptors (Lipinski definition) is 7. The fraction of sp³-hybridized carbons (Fsp3) is 0.231. The number of para-hydroxylation sites is 2. The summed E-state index contributed by atoms with van der Waals surface area (Å²) >= 11 is 0. The van der Waals surface area contributed by atoms with Gasteiger partial charge in [0.15, 0.2) is 0 Å². The minimum absolute atomic E-state index is 0.141. The van der Waals surface area contributed by atoms with E-state index >= 15 is 0 Å². The van der Waals surface area contributed by atoms with Gasteiger partial charge in [0.05, 0.1) is 15.5 Å². The van der Waals surface area contributed by atoms with E-state index < -0.39 is 29.2 Å². The molecule has 0 amide bonds. The molecule has 0 bridgehead atoms. The number of pyridine rings is 1. The molecule has 10 heteroatoms. The lowest BCUT2D eigenvalue weighted by Gasteiger charge is -2.16. The molecule has 0 atom stereocenters. The highest BCUT2D eigenvalue weighted by atomic mass is 32.2. The number of carbonyl (C=O) groups excluding carboxylic acids is 1. The van der Waals surface area contributed by atoms with Gasteiger partial charge < -0.3 is 13.8 Å². The van der Waals surface area contributed by atoms with Crippen LogP contribution < -0.4 is 13.8 Å². The van der Waals surface area contributed by atoms with Crippen molar-refractivity contribution >= 4 is 45.3 Å². The Morgan fingerprint density at radius 1 is 0.944 bits per heavy atom. The predicted octanol–water partition coefficient (Wildman–Crippen LogP) is 4.74. The third-order valence-corrected chi connectivity index (χ3v) is 6.93. The Morgan fingerprint density at radius 2 is 1.64 bits per heavy atom. The van der Waals surface area contributed by atoms with Crippen molar-refractivity contribution in [2.75, 3.05) is 19.1 Å². The smallest absolute Gasteiger partial charge is 0.348 e. The molecular formula is C26H26NO7PS. The minimum Gasteiger partial charge on any atom is -0.748 e. The maximum Gasteiger partial charge on any atom is 0.348 e. The number of aromatic nitrogens is 1. The van der Waals surface area contributed by atoms with Crippen molar-refractivity contribution in [3.05, 3.63) is 78.4 Å². The second-order valence-corrected chi connectivity index (χ2v) is 13.0. The number of ether oxygens (including phenoxy) is 1. The number of unbranched alkanes of at least 4 members (excludes halogenated alkanes) is 1. The van der Waals surface area contributed by atoms with Gasteiger partial charge in [-0.1, -0.05) is 30.3 Å². The molecule has 0 saturated carbocycles. The highest BCUT2D eigenvalue weighted by Gasteiger charge is 2.27. The van der Waals surface area contributed by atoms with E-state index in [2.05, 4.69) is 0 Å². The summed E-state index contributed by atoms with van der Waals surface area (Å²) < 4.78 is 59.0. The first-order chi connectivity index (χ1) is 17.0. The van der Waals surface area contributed by atoms with Crippen LogP contribution in [0.15, 0.2) is 72.8 Å². The maximum absolute atomic E-state index is 13.5. The SMILES string of the molecule is CP(C)(=O)Oc1ccc2c(cc3ccccc3[n+]2CCCCS(=O)(=O)[O-])c1C(=O)Oc1ccccc1. The summed E-state index contributed by atoms with van der Waals surface area (Å²) in [4.78, 5) is 13.5. The summed E-state index contributed by atoms with van der Waals surface area (Å²) in [6, 6.07) is 21.4. The normalized spacial score (nSPS) is 12.1. The van der Waals surface area contributed by atoms with Crippen LogP contribution in [0.5, 0.6) is 11.5 Å². The zero-order valence-electron chi connectivity index (χ0n) is 19.9. The van der Waals surface area contributed by atoms with Crippen LogP contribution >= 0.6 is 7.37 Å². The van der Waals surface area contributed by atoms with Gasteiger partial charge >= 0.3 is 5.97 Å². The van der Waals surface area contributed by atoms with E-state index in [-0.39, 0.29) is 17.7 Å². The number of hydrogen-bond donors (Lipinski definition) is 0. The van der Waals surface area contributed by atoms with Crippen molar-refractivity contribution in [1.82, 2.24) is 0 Å². The largest absolute Gasteiger partial charge is 0.748 e. The fourth-order valence-electron chi connectivity index (χ4n) is 4.07. The van der Waals surface area contributed by atoms with Crippen LogP contribution in [0.4, 0.5) is 0 Å². The number of benzene rings is 3. The van der Waals surface area contributed by atoms with E-state index in [0.29, 0.717) is 29.6 Å². The fourth-order valence-corrected chi connectivity index (χ4v) is 5.25. The first-order valence-electron chi connectivity index (χ1n) is 11.4. The summed E-state index contributed by atoms with van der Waals surface area (Å²) in [6.07, 6.45) is 0.652. The van der Waals surface area contributed by atoms with Crippen molar-refractivity contribution in [2.45, 2.75) is 19.4 Å². The van der Waals surface area contributed by atoms with Crippen LogP contribution in [0.2, 0.25) is 0 Å². The number of esters is 1. The van der Waals surface area contributed by atoms with Crippen LogP contribution in [0.3, 0.4) is 0 Å². The van der Waals surface area contributed by atoms with Gasteiger partial charge in [0.2, 0.25) is 18.4 Å². The molecule has 3 aromatic carbocycles. The Kier molecular flexibility index (Phi) is 7.45. The van der Waals surface area contributed by atoms with Gasteiger partial charge in [0, 0.05) is 43.0 Å². The Morgan fingerprint density at radius 3 is 2.33 bits per heavy atom. The lowest BCUT2D eigenvalue weighted by Crippen LogP contribution is -2.36. The molecule has 1 aromatic heterocycles. The standard InChI is InChI=1S/C26H26NO7PS/c1-35(2,29)34-24-15-14-23-21(25(24)26(28)33-20-11-4-3-5-12-20)18-19-10-6-7-13-22(19)27(23)16-8-9-17-36(30,31)32/h3-7,10-15,18H,8-9,16-17H2,1-2H3. The molecule has 0 saturated heterocycles. The number of rotatable bonds is 9. The van der Waals surface area contributed by atoms with E-state index in [1.54, 1.807) is 42.5 Å². The molecule has 0 spiro atoms. The lowest BCUT2D eigenvalue weighted by atomic mass is 10.0. The predicted molar refractivity (Wildman–Crippen MR) is 137 cm³/mol. The average Bonchev–Trinajstić information content (AvgIpc) is 2.80. The molecular weight excluding hydrogens is 501 g/mol. The number of nitrogens with zero attached hydrogens (tertiary/aromatic N) is 1. The van der Waals surface area contributed by atoms with E-state index in [9.17, 15) is 22.3 Å². The first-order valence-corrected chi connectivity index (χ1v) is 15.5. The summed E-state index contributed by atoms with van der Waals surface area (Å²) in [5, 5.41) is 1.38. The van der Waals surface area contributed by atoms with Gasteiger partial charge in [0.25, 0.3) is 0 Å². The molecule has 0 aliphatic heterocycles. The monoisotopic (exact) mass is 527 g/mol. The molecule has 4 aromatic rings. The molecule has 8 nitrogen and oxygen atoms in total. The zero-order chi connectivity index (χ0) is 25.9. The third kappa shape index (κ3) is 6.29. The highest BCUT2D eigenvalue weighted by Crippen LogP contribution is 2.42. The highest BCUT2D eigenvalue weighted by molar-refractivity contribution is 7.85. The Balaban J connectivity index is 1.88. The quantitative estimate of drug-likeness (QED) is 0.0587. The van der Waals surface area contributed by atoms with E-state index in [1.165, 1.54) is 13.3 Å². The van der Waals surface area contributed by atoms with Gasteiger partial charge in [0.1, 0.15) is 23.6 Å². The van der Waals surface area contributed by atoms with Crippen LogP contribution in [0.25, 0.3) is 21.8 Å². The summed E-state index contributed by atoms with van der Waals surface area (Å²) in [5.74, 6) is -0.592. The topological polar surface area (TPSA) is 114 Å². The molecule has 0 radical (unpaired) electrons. The number of aryl methyl sites for hydroxylation is 1. The van der Waals surface area contributed by atoms with Gasteiger partial charge in [-0.25, -0.2) is 13.2 Å². The lowest BCUT2D eigenvalue weighted by molar-refractivity contribution is -0.645. The maximum atomic E-state index is 13.5. The van der Waals surface area contributed by atoms with Crippen LogP contribution in [-0.4, -0.2) is 38.0 Å². The summed E-state index contributed by atoms with van der Waals surface area (Å²) in [6.45, 7) is 3.35. The van der Waals surface area contributed by atoms with Crippen LogP contribution in [0.1, 0.15) is 23.2 Å². The van der Waals surface area contributed by atoms with Crippen molar-refractivity contribution in [2.24, 2.45) is 0 Å². The second-order valence-electron chi connectivity index (χ2n) is 8.74. The van der Waals surface area contributed by atoms with Crippen molar-refractivity contribution < 1.29 is 36.2 Å². The summed E-state index contributed by atoms with van der Waals surface area (Å²) in [7, 11) is -7.31. The van der Waals surface area contributed by atoms with Crippen molar-refractivity contribution in [3.8, 4) is 11.5 Å². The number of fused-ring (bicyclic) bond motifs is 2. The Bertz CT molecular complexity index is 1580. The van der Waals surface area contributed by atoms with Crippen LogP contribution in [-0.2, 0) is 21.2 Å². The van der Waals surface area contributed by atoms with Gasteiger partial charge in [-0.05, 0) is 36.8 Å². The second kappa shape index (κ2) is 10.4. The van der Waals surface area contributed by atoms with Crippen molar-refractivity contribution in [1.29, 1.82) is 0 Å². The number of carbonyl (C=O) groups is 1. The Hall–Kier alpha value is -3.26. The molecule has 36 heavy (non-hydrogen) atoms. The summed E-state index contributed by atoms with van der Waals surface area (Å²) in [5.41, 5.74) is 1.71. The Labute approximate surface area is 209 Å². The minimum atomic E-state index is -4.30. The average molecular weight is 528 g/mol. The van der Waals surface area contributed by atoms with E-state index in [0.717, 1.165) is 10.9 Å². The van der Waals surface area contributed by atoms with Gasteiger partial charge in [-0.2, -0.15) is 4.57 Å². The molecule has 0 unspecified atom stereocenters. The van der Waals surface area contributed by atoms with Crippen LogP contribution in [0, 0.1) is 0 Å². The molecule has 0 aliphatic rings. The van der Waals surface area contributed by atoms with Crippen molar-refractivity contribution in [3.63, 3.8) is 0 Å². The molecule has 188 valence electrons. The van der Waals surface area contributed by atoms with E-state index in [4.69, 9.17) is 9.26 Å². The molecule has 4 rings (SSSR count). The molecule has 1 heterocycles. The molecule has 0 N–H and O–H groups in total. The zero-order valence-corrected chi connectivity index (χ0v) is 21.6. The van der Waals surface area contributed by atoms with Gasteiger partial charge in [-0.15, -0.1) is 0 Å². The first kappa shape index (κ1) is 25.8.